The molecular weight excluding hydrogens is 248 g/mol. The third-order valence-electron chi connectivity index (χ3n) is 2.70. The first-order valence-electron chi connectivity index (χ1n) is 6.12. The molecule has 96 valence electrons. The molecular formula is C14H17ClN2O. The summed E-state index contributed by atoms with van der Waals surface area (Å²) in [5.74, 6) is 0.616. The van der Waals surface area contributed by atoms with E-state index in [1.165, 1.54) is 0 Å². The van der Waals surface area contributed by atoms with Crippen molar-refractivity contribution in [3.63, 3.8) is 0 Å². The fourth-order valence-electron chi connectivity index (χ4n) is 1.64. The van der Waals surface area contributed by atoms with Crippen molar-refractivity contribution in [2.24, 2.45) is 0 Å². The Morgan fingerprint density at radius 3 is 2.94 bits per heavy atom. The van der Waals surface area contributed by atoms with Crippen LogP contribution in [-0.2, 0) is 6.54 Å². The lowest BCUT2D eigenvalue weighted by Gasteiger charge is -2.00. The first-order chi connectivity index (χ1) is 8.70. The number of nitrogens with one attached hydrogen (secondary N) is 1. The second-order valence-electron chi connectivity index (χ2n) is 4.28. The van der Waals surface area contributed by atoms with Crippen molar-refractivity contribution in [2.75, 3.05) is 6.54 Å². The molecule has 0 fully saturated rings. The van der Waals surface area contributed by atoms with Crippen molar-refractivity contribution >= 4 is 11.6 Å². The van der Waals surface area contributed by atoms with Crippen molar-refractivity contribution in [2.45, 2.75) is 26.8 Å². The molecule has 0 unspecified atom stereocenters. The Hall–Kier alpha value is -1.32. The Labute approximate surface area is 112 Å². The first-order valence-corrected chi connectivity index (χ1v) is 6.50. The number of oxazole rings is 1. The summed E-state index contributed by atoms with van der Waals surface area (Å²) in [6.07, 6.45) is 2.80. The van der Waals surface area contributed by atoms with Gasteiger partial charge in [-0.1, -0.05) is 24.6 Å². The fourth-order valence-corrected chi connectivity index (χ4v) is 1.82. The lowest BCUT2D eigenvalue weighted by molar-refractivity contribution is 0.570. The van der Waals surface area contributed by atoms with Gasteiger partial charge >= 0.3 is 0 Å². The van der Waals surface area contributed by atoms with E-state index in [0.717, 1.165) is 41.4 Å². The van der Waals surface area contributed by atoms with Gasteiger partial charge in [-0.05, 0) is 37.6 Å². The van der Waals surface area contributed by atoms with Crippen molar-refractivity contribution in [1.82, 2.24) is 10.3 Å². The molecule has 0 aliphatic carbocycles. The lowest BCUT2D eigenvalue weighted by atomic mass is 10.1. The monoisotopic (exact) mass is 264 g/mol. The number of rotatable bonds is 5. The minimum atomic E-state index is 0.616. The van der Waals surface area contributed by atoms with E-state index < -0.39 is 0 Å². The molecule has 0 spiro atoms. The van der Waals surface area contributed by atoms with Crippen LogP contribution in [0.15, 0.2) is 28.9 Å². The van der Waals surface area contributed by atoms with Crippen LogP contribution < -0.4 is 5.32 Å². The van der Waals surface area contributed by atoms with Gasteiger partial charge in [-0.25, -0.2) is 4.98 Å². The van der Waals surface area contributed by atoms with Crippen LogP contribution in [0, 0.1) is 6.92 Å². The third kappa shape index (κ3) is 3.12. The second-order valence-corrected chi connectivity index (χ2v) is 4.69. The zero-order chi connectivity index (χ0) is 13.0. The van der Waals surface area contributed by atoms with Gasteiger partial charge in [0.2, 0.25) is 5.89 Å². The number of aryl methyl sites for hydroxylation is 1. The quantitative estimate of drug-likeness (QED) is 0.835. The largest absolute Gasteiger partial charge is 0.444 e. The zero-order valence-electron chi connectivity index (χ0n) is 10.7. The molecule has 18 heavy (non-hydrogen) atoms. The summed E-state index contributed by atoms with van der Waals surface area (Å²) in [7, 11) is 0. The van der Waals surface area contributed by atoms with E-state index in [4.69, 9.17) is 16.0 Å². The van der Waals surface area contributed by atoms with Crippen molar-refractivity contribution < 1.29 is 4.42 Å². The van der Waals surface area contributed by atoms with Crippen LogP contribution in [0.2, 0.25) is 5.02 Å². The van der Waals surface area contributed by atoms with Gasteiger partial charge in [0.15, 0.2) is 0 Å². The highest BCUT2D eigenvalue weighted by molar-refractivity contribution is 6.31. The van der Waals surface area contributed by atoms with Crippen LogP contribution in [0.1, 0.15) is 24.6 Å². The summed E-state index contributed by atoms with van der Waals surface area (Å²) in [4.78, 5) is 4.44. The molecule has 3 nitrogen and oxygen atoms in total. The van der Waals surface area contributed by atoms with E-state index in [1.54, 1.807) is 6.26 Å². The molecule has 0 aliphatic rings. The summed E-state index contributed by atoms with van der Waals surface area (Å²) >= 11 is 6.09. The predicted molar refractivity (Wildman–Crippen MR) is 73.7 cm³/mol. The Morgan fingerprint density at radius 2 is 2.22 bits per heavy atom. The highest BCUT2D eigenvalue weighted by atomic mass is 35.5. The fraction of sp³-hybridized carbons (Fsp3) is 0.357. The van der Waals surface area contributed by atoms with Crippen LogP contribution in [0.3, 0.4) is 0 Å². The molecule has 1 N–H and O–H groups in total. The van der Waals surface area contributed by atoms with E-state index in [0.29, 0.717) is 5.89 Å². The van der Waals surface area contributed by atoms with Crippen LogP contribution in [-0.4, -0.2) is 11.5 Å². The lowest BCUT2D eigenvalue weighted by Crippen LogP contribution is -2.13. The maximum atomic E-state index is 6.09. The second kappa shape index (κ2) is 6.03. The Morgan fingerprint density at radius 1 is 1.39 bits per heavy atom. The SMILES string of the molecule is CCCNCc1coc(-c2ccc(C)c(Cl)c2)n1. The maximum absolute atomic E-state index is 6.09. The summed E-state index contributed by atoms with van der Waals surface area (Å²) in [5.41, 5.74) is 2.87. The number of hydrogen-bond acceptors (Lipinski definition) is 3. The van der Waals surface area contributed by atoms with E-state index >= 15 is 0 Å². The van der Waals surface area contributed by atoms with Crippen LogP contribution in [0.5, 0.6) is 0 Å². The molecule has 0 bridgehead atoms. The Balaban J connectivity index is 2.11. The van der Waals surface area contributed by atoms with E-state index in [1.807, 2.05) is 25.1 Å². The van der Waals surface area contributed by atoms with Crippen molar-refractivity contribution in [1.29, 1.82) is 0 Å². The predicted octanol–water partition coefficient (Wildman–Crippen LogP) is 3.80. The first kappa shape index (κ1) is 13.1. The van der Waals surface area contributed by atoms with Gasteiger partial charge in [-0.15, -0.1) is 0 Å². The highest BCUT2D eigenvalue weighted by Gasteiger charge is 2.07. The van der Waals surface area contributed by atoms with Gasteiger partial charge in [-0.3, -0.25) is 0 Å². The maximum Gasteiger partial charge on any atom is 0.226 e. The Bertz CT molecular complexity index is 522. The average molecular weight is 265 g/mol. The zero-order valence-corrected chi connectivity index (χ0v) is 11.4. The molecule has 2 rings (SSSR count). The van der Waals surface area contributed by atoms with Gasteiger partial charge in [0.05, 0.1) is 5.69 Å². The Kier molecular flexibility index (Phi) is 4.39. The molecule has 1 heterocycles. The molecule has 0 radical (unpaired) electrons. The van der Waals surface area contributed by atoms with Gasteiger partial charge < -0.3 is 9.73 Å². The molecule has 0 amide bonds. The summed E-state index contributed by atoms with van der Waals surface area (Å²) in [6.45, 7) is 5.83. The minimum Gasteiger partial charge on any atom is -0.444 e. The van der Waals surface area contributed by atoms with Crippen LogP contribution in [0.25, 0.3) is 11.5 Å². The number of hydrogen-bond donors (Lipinski definition) is 1. The number of benzene rings is 1. The van der Waals surface area contributed by atoms with Gasteiger partial charge in [0.25, 0.3) is 0 Å². The topological polar surface area (TPSA) is 38.1 Å². The number of halogens is 1. The number of nitrogens with zero attached hydrogens (tertiary/aromatic N) is 1. The van der Waals surface area contributed by atoms with E-state index in [-0.39, 0.29) is 0 Å². The van der Waals surface area contributed by atoms with E-state index in [2.05, 4.69) is 17.2 Å². The van der Waals surface area contributed by atoms with Crippen LogP contribution in [0.4, 0.5) is 0 Å². The standard InChI is InChI=1S/C14H17ClN2O/c1-3-6-16-8-12-9-18-14(17-12)11-5-4-10(2)13(15)7-11/h4-5,7,9,16H,3,6,8H2,1-2H3. The van der Waals surface area contributed by atoms with Gasteiger partial charge in [0, 0.05) is 17.1 Å². The van der Waals surface area contributed by atoms with Gasteiger partial charge in [0.1, 0.15) is 6.26 Å². The van der Waals surface area contributed by atoms with Crippen molar-refractivity contribution in [3.8, 4) is 11.5 Å². The summed E-state index contributed by atoms with van der Waals surface area (Å²) in [5, 5.41) is 4.02. The molecule has 0 atom stereocenters. The molecule has 1 aromatic carbocycles. The molecule has 4 heteroatoms. The molecule has 0 saturated heterocycles. The molecule has 0 saturated carbocycles. The molecule has 0 aliphatic heterocycles. The van der Waals surface area contributed by atoms with E-state index in [9.17, 15) is 0 Å². The molecule has 2 aromatic rings. The minimum absolute atomic E-state index is 0.616. The molecule has 1 aromatic heterocycles. The van der Waals surface area contributed by atoms with Crippen LogP contribution >= 0.6 is 11.6 Å². The number of aromatic nitrogens is 1. The third-order valence-corrected chi connectivity index (χ3v) is 3.11. The van der Waals surface area contributed by atoms with Gasteiger partial charge in [-0.2, -0.15) is 0 Å². The normalized spacial score (nSPS) is 10.8. The summed E-state index contributed by atoms with van der Waals surface area (Å²) in [6, 6.07) is 5.82. The summed E-state index contributed by atoms with van der Waals surface area (Å²) < 4.78 is 5.47. The average Bonchev–Trinajstić information content (AvgIpc) is 2.82. The highest BCUT2D eigenvalue weighted by Crippen LogP contribution is 2.24. The smallest absolute Gasteiger partial charge is 0.226 e. The van der Waals surface area contributed by atoms with Crippen molar-refractivity contribution in [3.05, 3.63) is 40.7 Å².